The van der Waals surface area contributed by atoms with Gasteiger partial charge in [0.15, 0.2) is 0 Å². The molecule has 1 heterocycles. The number of nitrogens with one attached hydrogen (secondary N) is 1. The lowest BCUT2D eigenvalue weighted by molar-refractivity contribution is 0.184. The van der Waals surface area contributed by atoms with Crippen LogP contribution in [0.1, 0.15) is 25.8 Å². The largest absolute Gasteiger partial charge is 0.485 e. The van der Waals surface area contributed by atoms with Crippen molar-refractivity contribution in [2.75, 3.05) is 17.8 Å². The van der Waals surface area contributed by atoms with Crippen molar-refractivity contribution in [1.82, 2.24) is 9.97 Å². The van der Waals surface area contributed by atoms with Crippen LogP contribution in [0, 0.1) is 18.7 Å². The molecule has 1 saturated carbocycles. The number of aryl methyl sites for hydroxylation is 1. The van der Waals surface area contributed by atoms with Crippen LogP contribution in [0.2, 0.25) is 0 Å². The van der Waals surface area contributed by atoms with E-state index in [4.69, 9.17) is 4.74 Å². The molecule has 0 spiro atoms. The van der Waals surface area contributed by atoms with Crippen molar-refractivity contribution in [1.29, 1.82) is 0 Å². The van der Waals surface area contributed by atoms with Gasteiger partial charge in [0, 0.05) is 33.7 Å². The van der Waals surface area contributed by atoms with Crippen LogP contribution in [-0.2, 0) is 9.73 Å². The van der Waals surface area contributed by atoms with E-state index >= 15 is 0 Å². The molecule has 1 N–H and O–H groups in total. The lowest BCUT2D eigenvalue weighted by Crippen LogP contribution is -2.16. The highest BCUT2D eigenvalue weighted by Crippen LogP contribution is 2.48. The number of halogens is 1. The van der Waals surface area contributed by atoms with Gasteiger partial charge in [0.1, 0.15) is 29.3 Å². The van der Waals surface area contributed by atoms with E-state index in [2.05, 4.69) is 26.6 Å². The number of anilines is 2. The summed E-state index contributed by atoms with van der Waals surface area (Å²) in [6.07, 6.45) is 5.58. The molecular weight excluding hydrogens is 403 g/mol. The topological polar surface area (TPSA) is 76.5 Å². The second-order valence-electron chi connectivity index (χ2n) is 8.44. The summed E-state index contributed by atoms with van der Waals surface area (Å²) < 4.78 is 36.4. The Morgan fingerprint density at radius 1 is 1.27 bits per heavy atom. The molecule has 0 saturated heterocycles. The Morgan fingerprint density at radius 3 is 2.67 bits per heavy atom. The third kappa shape index (κ3) is 4.23. The molecule has 2 unspecified atom stereocenters. The second-order valence-corrected chi connectivity index (χ2v) is 11.0. The summed E-state index contributed by atoms with van der Waals surface area (Å²) in [4.78, 5) is 8.75. The minimum Gasteiger partial charge on any atom is -0.485 e. The summed E-state index contributed by atoms with van der Waals surface area (Å²) in [5.41, 5.74) is 2.54. The van der Waals surface area contributed by atoms with Crippen molar-refractivity contribution in [3.8, 4) is 5.75 Å². The Hall–Kier alpha value is -2.74. The van der Waals surface area contributed by atoms with E-state index in [1.807, 2.05) is 19.9 Å². The van der Waals surface area contributed by atoms with Gasteiger partial charge < -0.3 is 10.1 Å². The normalized spacial score (nSPS) is 20.8. The van der Waals surface area contributed by atoms with Crippen molar-refractivity contribution < 1.29 is 13.3 Å². The molecule has 30 heavy (non-hydrogen) atoms. The van der Waals surface area contributed by atoms with Crippen molar-refractivity contribution in [2.45, 2.75) is 32.8 Å². The van der Waals surface area contributed by atoms with Crippen LogP contribution in [0.25, 0.3) is 10.9 Å². The van der Waals surface area contributed by atoms with E-state index in [9.17, 15) is 8.60 Å². The minimum absolute atomic E-state index is 0.280. The fourth-order valence-electron chi connectivity index (χ4n) is 3.53. The highest BCUT2D eigenvalue weighted by atomic mass is 32.2. The van der Waals surface area contributed by atoms with Crippen LogP contribution in [0.4, 0.5) is 21.6 Å². The molecule has 4 rings (SSSR count). The van der Waals surface area contributed by atoms with E-state index in [1.165, 1.54) is 18.5 Å². The van der Waals surface area contributed by atoms with Crippen molar-refractivity contribution in [3.63, 3.8) is 0 Å². The maximum atomic E-state index is 13.9. The van der Waals surface area contributed by atoms with Crippen LogP contribution in [-0.4, -0.2) is 32.3 Å². The average molecular weight is 429 g/mol. The van der Waals surface area contributed by atoms with Gasteiger partial charge in [-0.05, 0) is 56.0 Å². The van der Waals surface area contributed by atoms with Gasteiger partial charge in [-0.15, -0.1) is 0 Å². The predicted molar refractivity (Wildman–Crippen MR) is 119 cm³/mol. The van der Waals surface area contributed by atoms with Gasteiger partial charge in [0.25, 0.3) is 0 Å². The molecule has 0 bridgehead atoms. The number of fused-ring (bicyclic) bond motifs is 1. The quantitative estimate of drug-likeness (QED) is 0.592. The third-order valence-corrected chi connectivity index (χ3v) is 6.03. The first-order valence-electron chi connectivity index (χ1n) is 9.72. The third-order valence-electron chi connectivity index (χ3n) is 5.38. The molecule has 1 aromatic heterocycles. The zero-order valence-electron chi connectivity index (χ0n) is 17.7. The van der Waals surface area contributed by atoms with Gasteiger partial charge in [-0.1, -0.05) is 6.92 Å². The average Bonchev–Trinajstić information content (AvgIpc) is 3.21. The Morgan fingerprint density at radius 2 is 2.00 bits per heavy atom. The fraction of sp³-hybridized carbons (Fsp3) is 0.364. The number of nitrogens with zero attached hydrogens (tertiary/aromatic N) is 3. The fourth-order valence-corrected chi connectivity index (χ4v) is 4.14. The van der Waals surface area contributed by atoms with Crippen LogP contribution in [0.5, 0.6) is 5.75 Å². The summed E-state index contributed by atoms with van der Waals surface area (Å²) >= 11 is 0. The maximum absolute atomic E-state index is 13.9. The van der Waals surface area contributed by atoms with Gasteiger partial charge in [-0.25, -0.2) is 18.6 Å². The van der Waals surface area contributed by atoms with Crippen LogP contribution in [0.3, 0.4) is 0 Å². The molecule has 0 aliphatic heterocycles. The summed E-state index contributed by atoms with van der Waals surface area (Å²) in [7, 11) is -2.28. The molecule has 8 heteroatoms. The first kappa shape index (κ1) is 20.5. The number of hydrogen-bond acceptors (Lipinski definition) is 6. The molecule has 3 aromatic rings. The Balaban J connectivity index is 1.76. The summed E-state index contributed by atoms with van der Waals surface area (Å²) in [5.74, 6) is 1.10. The zero-order valence-corrected chi connectivity index (χ0v) is 18.5. The number of ether oxygens (including phenoxy) is 1. The minimum atomic E-state index is -2.28. The molecule has 0 amide bonds. The Kier molecular flexibility index (Phi) is 4.92. The van der Waals surface area contributed by atoms with E-state index in [0.29, 0.717) is 34.4 Å². The lowest BCUT2D eigenvalue weighted by atomic mass is 10.1. The predicted octanol–water partition coefficient (Wildman–Crippen LogP) is 5.36. The second kappa shape index (κ2) is 7.19. The summed E-state index contributed by atoms with van der Waals surface area (Å²) in [6, 6.07) is 8.08. The van der Waals surface area contributed by atoms with Crippen molar-refractivity contribution in [3.05, 3.63) is 48.0 Å². The monoisotopic (exact) mass is 428 g/mol. The first-order valence-corrected chi connectivity index (χ1v) is 12.1. The number of benzene rings is 2. The van der Waals surface area contributed by atoms with Crippen LogP contribution < -0.4 is 10.1 Å². The van der Waals surface area contributed by atoms with E-state index < -0.39 is 9.73 Å². The highest BCUT2D eigenvalue weighted by Gasteiger charge is 2.49. The molecule has 1 fully saturated rings. The molecular formula is C22H25FN4O2S. The molecule has 0 radical (unpaired) electrons. The highest BCUT2D eigenvalue weighted by molar-refractivity contribution is 7.92. The maximum Gasteiger partial charge on any atom is 0.146 e. The standard InChI is InChI=1S/C22H25FN4O2S/c1-13-8-16(27-30(4,5)28)10-18-20(13)21(25-12-24-18)26-17-7-6-15(23)9-19(17)29-22(3)11-14(22)2/h6-10,12,14H,11H2,1-5H3,(H,24,25,26). The van der Waals surface area contributed by atoms with Gasteiger partial charge in [0.05, 0.1) is 16.9 Å². The van der Waals surface area contributed by atoms with E-state index in [1.54, 1.807) is 24.6 Å². The van der Waals surface area contributed by atoms with Crippen LogP contribution >= 0.6 is 0 Å². The summed E-state index contributed by atoms with van der Waals surface area (Å²) in [6.45, 7) is 6.07. The van der Waals surface area contributed by atoms with Gasteiger partial charge >= 0.3 is 0 Å². The first-order chi connectivity index (χ1) is 14.0. The van der Waals surface area contributed by atoms with E-state index in [-0.39, 0.29) is 11.4 Å². The van der Waals surface area contributed by atoms with Crippen molar-refractivity contribution >= 4 is 37.8 Å². The molecule has 1 aliphatic rings. The molecule has 158 valence electrons. The number of hydrogen-bond donors (Lipinski definition) is 1. The SMILES string of the molecule is Cc1cc(N=S(C)(C)=O)cc2ncnc(Nc3ccc(F)cc3OC3(C)CC3C)c12. The van der Waals surface area contributed by atoms with Crippen molar-refractivity contribution in [2.24, 2.45) is 10.3 Å². The molecule has 2 aromatic carbocycles. The van der Waals surface area contributed by atoms with Crippen LogP contribution in [0.15, 0.2) is 41.0 Å². The number of aromatic nitrogens is 2. The zero-order chi connectivity index (χ0) is 21.7. The number of rotatable bonds is 5. The lowest BCUT2D eigenvalue weighted by Gasteiger charge is -2.19. The smallest absolute Gasteiger partial charge is 0.146 e. The van der Waals surface area contributed by atoms with Gasteiger partial charge in [-0.3, -0.25) is 0 Å². The molecule has 6 nitrogen and oxygen atoms in total. The molecule has 2 atom stereocenters. The van der Waals surface area contributed by atoms with Gasteiger partial charge in [0.2, 0.25) is 0 Å². The van der Waals surface area contributed by atoms with E-state index in [0.717, 1.165) is 17.4 Å². The van der Waals surface area contributed by atoms with Gasteiger partial charge in [-0.2, -0.15) is 4.36 Å². The Labute approximate surface area is 176 Å². The Bertz CT molecular complexity index is 1260. The molecule has 1 aliphatic carbocycles. The summed E-state index contributed by atoms with van der Waals surface area (Å²) in [5, 5.41) is 4.10.